The average Bonchev–Trinajstić information content (AvgIpc) is 2.91. The Kier molecular flexibility index (Phi) is 4.96. The lowest BCUT2D eigenvalue weighted by atomic mass is 10.1. The van der Waals surface area contributed by atoms with Gasteiger partial charge in [0, 0.05) is 25.1 Å². The molecule has 0 fully saturated rings. The van der Waals surface area contributed by atoms with Crippen LogP contribution in [-0.2, 0) is 4.79 Å². The number of nitro groups is 1. The highest BCUT2D eigenvalue weighted by atomic mass is 16.6. The second-order valence-corrected chi connectivity index (χ2v) is 6.06. The van der Waals surface area contributed by atoms with E-state index in [9.17, 15) is 34.4 Å². The fourth-order valence-corrected chi connectivity index (χ4v) is 2.83. The molecule has 1 heterocycles. The van der Waals surface area contributed by atoms with E-state index < -0.39 is 34.4 Å². The molecule has 11 heteroatoms. The van der Waals surface area contributed by atoms with Gasteiger partial charge in [0.1, 0.15) is 0 Å². The molecule has 148 valence electrons. The van der Waals surface area contributed by atoms with E-state index in [1.54, 1.807) is 0 Å². The van der Waals surface area contributed by atoms with Gasteiger partial charge >= 0.3 is 5.97 Å². The minimum absolute atomic E-state index is 0.000191. The van der Waals surface area contributed by atoms with Crippen LogP contribution in [0.1, 0.15) is 37.5 Å². The summed E-state index contributed by atoms with van der Waals surface area (Å²) in [7, 11) is 0. The molecule has 0 bridgehead atoms. The number of hydrogen-bond acceptors (Lipinski definition) is 7. The van der Waals surface area contributed by atoms with E-state index in [0.29, 0.717) is 0 Å². The molecule has 11 nitrogen and oxygen atoms in total. The molecular formula is C18H12N3O8-. The topological polar surface area (TPSA) is 170 Å². The Morgan fingerprint density at radius 3 is 2.41 bits per heavy atom. The first-order valence-electron chi connectivity index (χ1n) is 8.18. The Bertz CT molecular complexity index is 1080. The standard InChI is InChI=1S/C18H13N3O8/c22-10-2-4-14(13(8-10)18(26)27)19-15(23)5-6-20-16(24)11-3-1-9(21(28)29)7-12(11)17(20)25/h1-4,7-8,22H,5-6H2,(H,19,23)(H,26,27)/p-1. The van der Waals surface area contributed by atoms with Crippen LogP contribution in [0.3, 0.4) is 0 Å². The number of benzene rings is 2. The highest BCUT2D eigenvalue weighted by molar-refractivity contribution is 6.21. The van der Waals surface area contributed by atoms with Gasteiger partial charge in [-0.25, -0.2) is 4.79 Å². The van der Waals surface area contributed by atoms with Crippen molar-refractivity contribution in [1.29, 1.82) is 0 Å². The number of fused-ring (bicyclic) bond motifs is 1. The predicted molar refractivity (Wildman–Crippen MR) is 94.6 cm³/mol. The van der Waals surface area contributed by atoms with Crippen LogP contribution in [0.25, 0.3) is 0 Å². The molecule has 1 aliphatic heterocycles. The van der Waals surface area contributed by atoms with Gasteiger partial charge in [-0.05, 0) is 12.1 Å². The largest absolute Gasteiger partial charge is 0.872 e. The molecule has 0 saturated carbocycles. The van der Waals surface area contributed by atoms with E-state index in [4.69, 9.17) is 5.11 Å². The number of carbonyl (C=O) groups excluding carboxylic acids is 3. The summed E-state index contributed by atoms with van der Waals surface area (Å²) in [5.41, 5.74) is -0.949. The van der Waals surface area contributed by atoms with E-state index >= 15 is 0 Å². The Morgan fingerprint density at radius 2 is 1.76 bits per heavy atom. The number of carbonyl (C=O) groups is 4. The quantitative estimate of drug-likeness (QED) is 0.412. The summed E-state index contributed by atoms with van der Waals surface area (Å²) >= 11 is 0. The van der Waals surface area contributed by atoms with Crippen LogP contribution in [0.2, 0.25) is 0 Å². The predicted octanol–water partition coefficient (Wildman–Crippen LogP) is 0.991. The molecular weight excluding hydrogens is 386 g/mol. The van der Waals surface area contributed by atoms with Crippen LogP contribution < -0.4 is 10.4 Å². The molecule has 0 radical (unpaired) electrons. The molecule has 3 rings (SSSR count). The second kappa shape index (κ2) is 7.38. The van der Waals surface area contributed by atoms with Crippen molar-refractivity contribution < 1.29 is 34.3 Å². The van der Waals surface area contributed by atoms with Crippen LogP contribution in [-0.4, -0.2) is 45.2 Å². The van der Waals surface area contributed by atoms with Crippen molar-refractivity contribution in [2.75, 3.05) is 11.9 Å². The second-order valence-electron chi connectivity index (χ2n) is 6.06. The third-order valence-corrected chi connectivity index (χ3v) is 4.22. The molecule has 0 aliphatic carbocycles. The summed E-state index contributed by atoms with van der Waals surface area (Å²) in [6, 6.07) is 6.36. The van der Waals surface area contributed by atoms with Crippen LogP contribution in [0.5, 0.6) is 5.75 Å². The normalized spacial score (nSPS) is 12.6. The molecule has 2 N–H and O–H groups in total. The minimum Gasteiger partial charge on any atom is -0.872 e. The lowest BCUT2D eigenvalue weighted by molar-refractivity contribution is -0.384. The number of carboxylic acid groups (broad SMARTS) is 1. The molecule has 1 aliphatic rings. The Morgan fingerprint density at radius 1 is 1.07 bits per heavy atom. The molecule has 0 unspecified atom stereocenters. The number of non-ortho nitro benzene ring substituents is 1. The third-order valence-electron chi connectivity index (χ3n) is 4.22. The number of imide groups is 1. The molecule has 3 amide bonds. The summed E-state index contributed by atoms with van der Waals surface area (Å²) in [6.07, 6.45) is -0.342. The van der Waals surface area contributed by atoms with Crippen molar-refractivity contribution in [3.05, 3.63) is 63.2 Å². The number of amides is 3. The van der Waals surface area contributed by atoms with Crippen molar-refractivity contribution in [2.24, 2.45) is 0 Å². The maximum Gasteiger partial charge on any atom is 0.337 e. The molecule has 2 aromatic rings. The number of anilines is 1. The number of carboxylic acids is 1. The van der Waals surface area contributed by atoms with Crippen molar-refractivity contribution in [1.82, 2.24) is 4.90 Å². The molecule has 0 saturated heterocycles. The van der Waals surface area contributed by atoms with Gasteiger partial charge in [0.2, 0.25) is 5.91 Å². The van der Waals surface area contributed by atoms with E-state index in [-0.39, 0.29) is 41.0 Å². The summed E-state index contributed by atoms with van der Waals surface area (Å²) in [4.78, 5) is 58.9. The molecule has 2 aromatic carbocycles. The van der Waals surface area contributed by atoms with Crippen molar-refractivity contribution in [2.45, 2.75) is 6.42 Å². The first-order valence-corrected chi connectivity index (χ1v) is 8.18. The summed E-state index contributed by atoms with van der Waals surface area (Å²) in [5, 5.41) is 33.5. The van der Waals surface area contributed by atoms with Gasteiger partial charge in [0.25, 0.3) is 17.5 Å². The highest BCUT2D eigenvalue weighted by Gasteiger charge is 2.36. The lowest BCUT2D eigenvalue weighted by Crippen LogP contribution is -2.33. The number of nitro benzene ring substituents is 1. The Hall–Kier alpha value is -4.28. The molecule has 29 heavy (non-hydrogen) atoms. The van der Waals surface area contributed by atoms with Crippen LogP contribution in [0.4, 0.5) is 11.4 Å². The zero-order valence-electron chi connectivity index (χ0n) is 14.6. The number of hydrogen-bond donors (Lipinski definition) is 2. The fraction of sp³-hybridized carbons (Fsp3) is 0.111. The maximum absolute atomic E-state index is 12.4. The van der Waals surface area contributed by atoms with Gasteiger partial charge < -0.3 is 15.5 Å². The highest BCUT2D eigenvalue weighted by Crippen LogP contribution is 2.27. The number of nitrogens with zero attached hydrogens (tertiary/aromatic N) is 2. The summed E-state index contributed by atoms with van der Waals surface area (Å²) in [6.45, 7) is -0.311. The van der Waals surface area contributed by atoms with Crippen molar-refractivity contribution in [3.63, 3.8) is 0 Å². The molecule has 0 aromatic heterocycles. The summed E-state index contributed by atoms with van der Waals surface area (Å²) < 4.78 is 0. The first kappa shape index (κ1) is 19.5. The zero-order chi connectivity index (χ0) is 21.3. The van der Waals surface area contributed by atoms with E-state index in [1.807, 2.05) is 0 Å². The van der Waals surface area contributed by atoms with Gasteiger partial charge in [-0.1, -0.05) is 12.1 Å². The van der Waals surface area contributed by atoms with Crippen LogP contribution in [0.15, 0.2) is 36.4 Å². The molecule has 0 spiro atoms. The van der Waals surface area contributed by atoms with Crippen molar-refractivity contribution >= 4 is 35.1 Å². The Balaban J connectivity index is 1.70. The van der Waals surface area contributed by atoms with Gasteiger partial charge in [-0.2, -0.15) is 0 Å². The van der Waals surface area contributed by atoms with E-state index in [2.05, 4.69) is 5.32 Å². The SMILES string of the molecule is O=C(CCN1C(=O)c2ccc([N+](=O)[O-])cc2C1=O)Nc1ccc([O-])cc1C(=O)O. The van der Waals surface area contributed by atoms with E-state index in [0.717, 1.165) is 35.2 Å². The first-order chi connectivity index (χ1) is 13.7. The van der Waals surface area contributed by atoms with Gasteiger partial charge in [0.15, 0.2) is 0 Å². The van der Waals surface area contributed by atoms with Crippen LogP contribution in [0, 0.1) is 10.1 Å². The summed E-state index contributed by atoms with van der Waals surface area (Å²) in [5.74, 6) is -4.08. The number of aromatic carboxylic acids is 1. The van der Waals surface area contributed by atoms with Crippen molar-refractivity contribution in [3.8, 4) is 5.75 Å². The third kappa shape index (κ3) is 3.74. The van der Waals surface area contributed by atoms with Gasteiger partial charge in [-0.3, -0.25) is 29.4 Å². The van der Waals surface area contributed by atoms with Gasteiger partial charge in [0.05, 0.1) is 27.3 Å². The smallest absolute Gasteiger partial charge is 0.337 e. The van der Waals surface area contributed by atoms with E-state index in [1.165, 1.54) is 6.07 Å². The molecule has 0 atom stereocenters. The Labute approximate surface area is 162 Å². The average molecular weight is 398 g/mol. The fourth-order valence-electron chi connectivity index (χ4n) is 2.83. The minimum atomic E-state index is -1.40. The van der Waals surface area contributed by atoms with Crippen LogP contribution >= 0.6 is 0 Å². The number of rotatable bonds is 6. The lowest BCUT2D eigenvalue weighted by Gasteiger charge is -2.15. The van der Waals surface area contributed by atoms with Gasteiger partial charge in [-0.15, -0.1) is 5.75 Å². The maximum atomic E-state index is 12.4. The zero-order valence-corrected chi connectivity index (χ0v) is 14.6. The number of nitrogens with one attached hydrogen (secondary N) is 1. The monoisotopic (exact) mass is 398 g/mol.